The highest BCUT2D eigenvalue weighted by Gasteiger charge is 2.15. The SMILES string of the molecule is Nc1ccc(SC2CCCNC2)c(Cl)c1. The number of benzene rings is 1. The molecule has 1 aromatic carbocycles. The van der Waals surface area contributed by atoms with Crippen LogP contribution in [-0.2, 0) is 0 Å². The van der Waals surface area contributed by atoms with Crippen LogP contribution < -0.4 is 11.1 Å². The van der Waals surface area contributed by atoms with E-state index in [4.69, 9.17) is 17.3 Å². The van der Waals surface area contributed by atoms with E-state index in [-0.39, 0.29) is 0 Å². The molecule has 0 spiro atoms. The van der Waals surface area contributed by atoms with E-state index in [1.165, 1.54) is 12.8 Å². The Balaban J connectivity index is 2.03. The van der Waals surface area contributed by atoms with Crippen molar-refractivity contribution < 1.29 is 0 Å². The summed E-state index contributed by atoms with van der Waals surface area (Å²) in [6.45, 7) is 2.22. The zero-order valence-corrected chi connectivity index (χ0v) is 10.1. The standard InChI is InChI=1S/C11H15ClN2S/c12-10-6-8(13)3-4-11(10)15-9-2-1-5-14-7-9/h3-4,6,9,14H,1-2,5,7,13H2. The molecule has 0 radical (unpaired) electrons. The van der Waals surface area contributed by atoms with Gasteiger partial charge in [-0.2, -0.15) is 0 Å². The minimum Gasteiger partial charge on any atom is -0.399 e. The van der Waals surface area contributed by atoms with E-state index in [1.54, 1.807) is 0 Å². The van der Waals surface area contributed by atoms with Crippen LogP contribution in [0, 0.1) is 0 Å². The van der Waals surface area contributed by atoms with Crippen LogP contribution in [0.25, 0.3) is 0 Å². The summed E-state index contributed by atoms with van der Waals surface area (Å²) in [6, 6.07) is 5.74. The number of halogens is 1. The smallest absolute Gasteiger partial charge is 0.0562 e. The monoisotopic (exact) mass is 242 g/mol. The summed E-state index contributed by atoms with van der Waals surface area (Å²) < 4.78 is 0. The number of nitrogens with two attached hydrogens (primary N) is 1. The molecule has 2 nitrogen and oxygen atoms in total. The Morgan fingerprint density at radius 3 is 3.00 bits per heavy atom. The Kier molecular flexibility index (Phi) is 3.78. The highest BCUT2D eigenvalue weighted by Crippen LogP contribution is 2.33. The van der Waals surface area contributed by atoms with Crippen molar-refractivity contribution in [3.05, 3.63) is 23.2 Å². The van der Waals surface area contributed by atoms with Gasteiger partial charge in [0.2, 0.25) is 0 Å². The maximum Gasteiger partial charge on any atom is 0.0562 e. The highest BCUT2D eigenvalue weighted by atomic mass is 35.5. The van der Waals surface area contributed by atoms with Crippen LogP contribution >= 0.6 is 23.4 Å². The normalized spacial score (nSPS) is 21.5. The zero-order valence-electron chi connectivity index (χ0n) is 8.50. The summed E-state index contributed by atoms with van der Waals surface area (Å²) in [5.74, 6) is 0. The molecule has 15 heavy (non-hydrogen) atoms. The second kappa shape index (κ2) is 5.10. The Bertz CT molecular complexity index is 337. The molecule has 0 aliphatic carbocycles. The summed E-state index contributed by atoms with van der Waals surface area (Å²) in [6.07, 6.45) is 2.52. The van der Waals surface area contributed by atoms with Gasteiger partial charge in [0, 0.05) is 22.4 Å². The van der Waals surface area contributed by atoms with Crippen molar-refractivity contribution in [1.29, 1.82) is 0 Å². The summed E-state index contributed by atoms with van der Waals surface area (Å²) in [4.78, 5) is 1.14. The predicted molar refractivity (Wildman–Crippen MR) is 67.6 cm³/mol. The average Bonchev–Trinajstić information content (AvgIpc) is 2.24. The summed E-state index contributed by atoms with van der Waals surface area (Å²) in [7, 11) is 0. The molecule has 0 saturated carbocycles. The average molecular weight is 243 g/mol. The molecule has 3 N–H and O–H groups in total. The molecule has 0 aromatic heterocycles. The molecule has 1 unspecified atom stereocenters. The Hall–Kier alpha value is -0.380. The van der Waals surface area contributed by atoms with Crippen LogP contribution in [0.4, 0.5) is 5.69 Å². The van der Waals surface area contributed by atoms with Crippen LogP contribution in [0.3, 0.4) is 0 Å². The van der Waals surface area contributed by atoms with Crippen molar-refractivity contribution in [3.8, 4) is 0 Å². The molecule has 1 aliphatic rings. The molecule has 1 fully saturated rings. The van der Waals surface area contributed by atoms with Gasteiger partial charge >= 0.3 is 0 Å². The fourth-order valence-electron chi connectivity index (χ4n) is 1.71. The molecule has 1 heterocycles. The van der Waals surface area contributed by atoms with E-state index in [1.807, 2.05) is 30.0 Å². The van der Waals surface area contributed by atoms with Gasteiger partial charge in [-0.05, 0) is 37.6 Å². The van der Waals surface area contributed by atoms with Crippen molar-refractivity contribution in [2.24, 2.45) is 0 Å². The summed E-state index contributed by atoms with van der Waals surface area (Å²) >= 11 is 7.98. The van der Waals surface area contributed by atoms with Gasteiger partial charge in [-0.1, -0.05) is 11.6 Å². The number of piperidine rings is 1. The molecule has 0 bridgehead atoms. The molecule has 1 saturated heterocycles. The number of nitrogen functional groups attached to an aromatic ring is 1. The van der Waals surface area contributed by atoms with E-state index in [9.17, 15) is 0 Å². The van der Waals surface area contributed by atoms with Gasteiger partial charge < -0.3 is 11.1 Å². The second-order valence-electron chi connectivity index (χ2n) is 3.78. The van der Waals surface area contributed by atoms with Gasteiger partial charge in [-0.25, -0.2) is 0 Å². The number of anilines is 1. The fourth-order valence-corrected chi connectivity index (χ4v) is 3.20. The summed E-state index contributed by atoms with van der Waals surface area (Å²) in [5, 5.41) is 4.81. The van der Waals surface area contributed by atoms with Crippen LogP contribution in [-0.4, -0.2) is 18.3 Å². The molecular formula is C11H15ClN2S. The lowest BCUT2D eigenvalue weighted by Gasteiger charge is -2.22. The largest absolute Gasteiger partial charge is 0.399 e. The molecule has 2 rings (SSSR count). The number of hydrogen-bond donors (Lipinski definition) is 2. The maximum atomic E-state index is 6.13. The Labute approximate surface area is 99.6 Å². The van der Waals surface area contributed by atoms with Gasteiger partial charge in [0.25, 0.3) is 0 Å². The first-order valence-electron chi connectivity index (χ1n) is 5.18. The van der Waals surface area contributed by atoms with E-state index in [0.29, 0.717) is 5.25 Å². The molecular weight excluding hydrogens is 228 g/mol. The van der Waals surface area contributed by atoms with Gasteiger partial charge in [-0.3, -0.25) is 0 Å². The third-order valence-corrected chi connectivity index (χ3v) is 4.27. The van der Waals surface area contributed by atoms with Crippen molar-refractivity contribution in [2.75, 3.05) is 18.8 Å². The molecule has 4 heteroatoms. The van der Waals surface area contributed by atoms with Crippen LogP contribution in [0.1, 0.15) is 12.8 Å². The van der Waals surface area contributed by atoms with Gasteiger partial charge in [0.1, 0.15) is 0 Å². The zero-order chi connectivity index (χ0) is 10.7. The van der Waals surface area contributed by atoms with Crippen molar-refractivity contribution in [2.45, 2.75) is 23.0 Å². The van der Waals surface area contributed by atoms with E-state index >= 15 is 0 Å². The van der Waals surface area contributed by atoms with Crippen molar-refractivity contribution in [3.63, 3.8) is 0 Å². The highest BCUT2D eigenvalue weighted by molar-refractivity contribution is 8.00. The molecule has 1 aromatic rings. The minimum absolute atomic E-state index is 0.639. The van der Waals surface area contributed by atoms with Crippen LogP contribution in [0.15, 0.2) is 23.1 Å². The second-order valence-corrected chi connectivity index (χ2v) is 5.53. The lowest BCUT2D eigenvalue weighted by molar-refractivity contribution is 0.531. The Morgan fingerprint density at radius 2 is 2.33 bits per heavy atom. The number of rotatable bonds is 2. The van der Waals surface area contributed by atoms with Crippen molar-refractivity contribution >= 4 is 29.1 Å². The van der Waals surface area contributed by atoms with E-state index in [2.05, 4.69) is 5.32 Å². The number of thioether (sulfide) groups is 1. The van der Waals surface area contributed by atoms with Crippen LogP contribution in [0.2, 0.25) is 5.02 Å². The first-order valence-corrected chi connectivity index (χ1v) is 6.44. The topological polar surface area (TPSA) is 38.0 Å². The predicted octanol–water partition coefficient (Wildman–Crippen LogP) is 2.77. The first-order chi connectivity index (χ1) is 7.25. The van der Waals surface area contributed by atoms with Gasteiger partial charge in [0.15, 0.2) is 0 Å². The minimum atomic E-state index is 0.639. The van der Waals surface area contributed by atoms with Gasteiger partial charge in [-0.15, -0.1) is 11.8 Å². The van der Waals surface area contributed by atoms with Crippen molar-refractivity contribution in [1.82, 2.24) is 5.32 Å². The third-order valence-electron chi connectivity index (χ3n) is 2.50. The number of hydrogen-bond acceptors (Lipinski definition) is 3. The summed E-state index contributed by atoms with van der Waals surface area (Å²) in [5.41, 5.74) is 6.38. The van der Waals surface area contributed by atoms with Crippen LogP contribution in [0.5, 0.6) is 0 Å². The molecule has 1 atom stereocenters. The Morgan fingerprint density at radius 1 is 1.47 bits per heavy atom. The number of nitrogens with one attached hydrogen (secondary N) is 1. The maximum absolute atomic E-state index is 6.13. The van der Waals surface area contributed by atoms with E-state index in [0.717, 1.165) is 28.7 Å². The third kappa shape index (κ3) is 3.03. The molecule has 0 amide bonds. The fraction of sp³-hybridized carbons (Fsp3) is 0.455. The quantitative estimate of drug-likeness (QED) is 0.784. The molecule has 82 valence electrons. The lowest BCUT2D eigenvalue weighted by atomic mass is 10.2. The first kappa shape index (κ1) is 11.1. The van der Waals surface area contributed by atoms with E-state index < -0.39 is 0 Å². The van der Waals surface area contributed by atoms with Gasteiger partial charge in [0.05, 0.1) is 5.02 Å². The lowest BCUT2D eigenvalue weighted by Crippen LogP contribution is -2.31. The molecule has 1 aliphatic heterocycles.